The monoisotopic (exact) mass is 398 g/mol. The van der Waals surface area contributed by atoms with Crippen molar-refractivity contribution in [1.82, 2.24) is 9.55 Å². The van der Waals surface area contributed by atoms with E-state index in [1.54, 1.807) is 15.9 Å². The molecule has 0 aliphatic heterocycles. The molecular formula is C20H15ClN2OS2. The Labute approximate surface area is 164 Å². The molecule has 2 heterocycles. The first-order chi connectivity index (χ1) is 12.6. The van der Waals surface area contributed by atoms with Gasteiger partial charge >= 0.3 is 0 Å². The number of H-pyrrole nitrogens is 1. The van der Waals surface area contributed by atoms with Gasteiger partial charge < -0.3 is 4.98 Å². The van der Waals surface area contributed by atoms with Gasteiger partial charge in [0.2, 0.25) is 0 Å². The minimum atomic E-state index is -0.0517. The lowest BCUT2D eigenvalue weighted by Gasteiger charge is -2.06. The number of aromatic nitrogens is 2. The molecule has 130 valence electrons. The minimum absolute atomic E-state index is 0.0517. The largest absolute Gasteiger partial charge is 0.323 e. The third kappa shape index (κ3) is 3.38. The molecule has 0 unspecified atom stereocenters. The number of thiophene rings is 1. The van der Waals surface area contributed by atoms with Crippen LogP contribution in [-0.4, -0.2) is 9.55 Å². The smallest absolute Gasteiger partial charge is 0.263 e. The normalized spacial score (nSPS) is 11.1. The Morgan fingerprint density at radius 1 is 1.08 bits per heavy atom. The Bertz CT molecular complexity index is 1190. The third-order valence-corrected chi connectivity index (χ3v) is 5.90. The topological polar surface area (TPSA) is 37.8 Å². The highest BCUT2D eigenvalue weighted by Crippen LogP contribution is 2.30. The van der Waals surface area contributed by atoms with Crippen LogP contribution in [0.3, 0.4) is 0 Å². The summed E-state index contributed by atoms with van der Waals surface area (Å²) in [6, 6.07) is 19.6. The van der Waals surface area contributed by atoms with Crippen molar-refractivity contribution in [2.75, 3.05) is 0 Å². The summed E-state index contributed by atoms with van der Waals surface area (Å²) in [4.78, 5) is 18.0. The molecule has 0 radical (unpaired) electrons. The van der Waals surface area contributed by atoms with Gasteiger partial charge in [-0.25, -0.2) is 0 Å². The fourth-order valence-corrected chi connectivity index (χ4v) is 4.53. The molecule has 2 aromatic heterocycles. The van der Waals surface area contributed by atoms with E-state index in [1.807, 2.05) is 60.7 Å². The van der Waals surface area contributed by atoms with E-state index in [-0.39, 0.29) is 5.56 Å². The summed E-state index contributed by atoms with van der Waals surface area (Å²) < 4.78 is 2.08. The summed E-state index contributed by atoms with van der Waals surface area (Å²) >= 11 is 13.0. The molecule has 3 nitrogen and oxygen atoms in total. The molecule has 26 heavy (non-hydrogen) atoms. The van der Waals surface area contributed by atoms with Gasteiger partial charge in [0.1, 0.15) is 4.83 Å². The fraction of sp³-hybridized carbons (Fsp3) is 0.100. The standard InChI is InChI=1S/C20H15ClN2OS2/c21-15-8-4-5-13(11-15)9-10-23-19(24)16-12-17(14-6-2-1-3-7-14)26-18(16)22-20(23)25/h1-8,11-12H,9-10H2,(H,22,25). The van der Waals surface area contributed by atoms with Crippen LogP contribution < -0.4 is 5.56 Å². The van der Waals surface area contributed by atoms with E-state index in [1.165, 1.54) is 0 Å². The first-order valence-electron chi connectivity index (χ1n) is 8.18. The number of hydrogen-bond acceptors (Lipinski definition) is 3. The first-order valence-corrected chi connectivity index (χ1v) is 9.78. The predicted octanol–water partition coefficient (Wildman–Crippen LogP) is 5.68. The molecule has 1 N–H and O–H groups in total. The summed E-state index contributed by atoms with van der Waals surface area (Å²) in [5, 5.41) is 1.37. The first kappa shape index (κ1) is 17.2. The van der Waals surface area contributed by atoms with Gasteiger partial charge in [-0.05, 0) is 48.0 Å². The second kappa shape index (κ2) is 7.19. The van der Waals surface area contributed by atoms with Crippen molar-refractivity contribution in [3.05, 3.63) is 86.4 Å². The number of aryl methyl sites for hydroxylation is 1. The Hall–Kier alpha value is -2.21. The van der Waals surface area contributed by atoms with Crippen LogP contribution in [0.5, 0.6) is 0 Å². The number of halogens is 1. The summed E-state index contributed by atoms with van der Waals surface area (Å²) in [6.07, 6.45) is 0.694. The van der Waals surface area contributed by atoms with Crippen molar-refractivity contribution in [3.63, 3.8) is 0 Å². The number of rotatable bonds is 4. The van der Waals surface area contributed by atoms with Crippen LogP contribution in [0.1, 0.15) is 5.56 Å². The summed E-state index contributed by atoms with van der Waals surface area (Å²) in [7, 11) is 0. The van der Waals surface area contributed by atoms with Crippen molar-refractivity contribution in [1.29, 1.82) is 0 Å². The lowest BCUT2D eigenvalue weighted by molar-refractivity contribution is 0.653. The SMILES string of the molecule is O=c1c2cc(-c3ccccc3)sc2[nH]c(=S)n1CCc1cccc(Cl)c1. The molecule has 0 saturated carbocycles. The highest BCUT2D eigenvalue weighted by Gasteiger charge is 2.11. The Morgan fingerprint density at radius 2 is 1.88 bits per heavy atom. The molecule has 4 aromatic rings. The third-order valence-electron chi connectivity index (χ3n) is 4.24. The van der Waals surface area contributed by atoms with Crippen LogP contribution in [0.4, 0.5) is 0 Å². The van der Waals surface area contributed by atoms with E-state index in [2.05, 4.69) is 4.98 Å². The van der Waals surface area contributed by atoms with Gasteiger partial charge in [0.15, 0.2) is 4.77 Å². The van der Waals surface area contributed by atoms with Crippen LogP contribution in [0.2, 0.25) is 5.02 Å². The number of nitrogens with zero attached hydrogens (tertiary/aromatic N) is 1. The number of aromatic amines is 1. The Balaban J connectivity index is 1.72. The lowest BCUT2D eigenvalue weighted by atomic mass is 10.1. The van der Waals surface area contributed by atoms with E-state index in [9.17, 15) is 4.79 Å². The molecule has 0 atom stereocenters. The molecule has 0 bridgehead atoms. The second-order valence-corrected chi connectivity index (χ2v) is 7.86. The average Bonchev–Trinajstić information content (AvgIpc) is 3.06. The zero-order valence-corrected chi connectivity index (χ0v) is 16.1. The van der Waals surface area contributed by atoms with Crippen molar-refractivity contribution in [2.24, 2.45) is 0 Å². The molecule has 0 saturated heterocycles. The number of hydrogen-bond donors (Lipinski definition) is 1. The van der Waals surface area contributed by atoms with Gasteiger partial charge in [0, 0.05) is 16.4 Å². The summed E-state index contributed by atoms with van der Waals surface area (Å²) in [5.74, 6) is 0. The van der Waals surface area contributed by atoms with Crippen LogP contribution in [-0.2, 0) is 13.0 Å². The van der Waals surface area contributed by atoms with Crippen molar-refractivity contribution in [2.45, 2.75) is 13.0 Å². The molecule has 0 aliphatic rings. The van der Waals surface area contributed by atoms with Gasteiger partial charge in [0.05, 0.1) is 5.39 Å². The second-order valence-electron chi connectivity index (χ2n) is 5.99. The van der Waals surface area contributed by atoms with Gasteiger partial charge in [-0.2, -0.15) is 0 Å². The molecule has 6 heteroatoms. The Kier molecular flexibility index (Phi) is 4.76. The molecule has 0 fully saturated rings. The molecule has 0 spiro atoms. The number of fused-ring (bicyclic) bond motifs is 1. The minimum Gasteiger partial charge on any atom is -0.323 e. The number of benzene rings is 2. The molecule has 4 rings (SSSR count). The molecule has 2 aromatic carbocycles. The van der Waals surface area contributed by atoms with E-state index in [0.29, 0.717) is 28.1 Å². The summed E-state index contributed by atoms with van der Waals surface area (Å²) in [6.45, 7) is 0.515. The number of nitrogens with one attached hydrogen (secondary N) is 1. The average molecular weight is 399 g/mol. The van der Waals surface area contributed by atoms with Gasteiger partial charge in [-0.15, -0.1) is 11.3 Å². The fourth-order valence-electron chi connectivity index (χ4n) is 2.93. The zero-order valence-electron chi connectivity index (χ0n) is 13.7. The van der Waals surface area contributed by atoms with Crippen molar-refractivity contribution >= 4 is 45.4 Å². The van der Waals surface area contributed by atoms with E-state index < -0.39 is 0 Å². The Morgan fingerprint density at radius 3 is 2.65 bits per heavy atom. The maximum absolute atomic E-state index is 12.9. The van der Waals surface area contributed by atoms with E-state index >= 15 is 0 Å². The van der Waals surface area contributed by atoms with Crippen LogP contribution >= 0.6 is 35.2 Å². The predicted molar refractivity (Wildman–Crippen MR) is 112 cm³/mol. The molecule has 0 amide bonds. The van der Waals surface area contributed by atoms with Crippen LogP contribution in [0.25, 0.3) is 20.7 Å². The van der Waals surface area contributed by atoms with Gasteiger partial charge in [-0.3, -0.25) is 9.36 Å². The highest BCUT2D eigenvalue weighted by molar-refractivity contribution is 7.71. The summed E-state index contributed by atoms with van der Waals surface area (Å²) in [5.41, 5.74) is 2.12. The van der Waals surface area contributed by atoms with Crippen molar-refractivity contribution in [3.8, 4) is 10.4 Å². The van der Waals surface area contributed by atoms with E-state index in [4.69, 9.17) is 23.8 Å². The molecular weight excluding hydrogens is 384 g/mol. The van der Waals surface area contributed by atoms with E-state index in [0.717, 1.165) is 20.8 Å². The lowest BCUT2D eigenvalue weighted by Crippen LogP contribution is -2.22. The van der Waals surface area contributed by atoms with Crippen LogP contribution in [0.15, 0.2) is 65.5 Å². The maximum Gasteiger partial charge on any atom is 0.263 e. The highest BCUT2D eigenvalue weighted by atomic mass is 35.5. The van der Waals surface area contributed by atoms with Gasteiger partial charge in [-0.1, -0.05) is 54.1 Å². The van der Waals surface area contributed by atoms with Crippen molar-refractivity contribution < 1.29 is 0 Å². The van der Waals surface area contributed by atoms with Crippen LogP contribution in [0, 0.1) is 4.77 Å². The maximum atomic E-state index is 12.9. The van der Waals surface area contributed by atoms with Gasteiger partial charge in [0.25, 0.3) is 5.56 Å². The quantitative estimate of drug-likeness (QED) is 0.449. The zero-order chi connectivity index (χ0) is 18.1. The molecule has 0 aliphatic carbocycles.